The Kier molecular flexibility index (Phi) is 2.26. The molecule has 20 heavy (non-hydrogen) atoms. The highest BCUT2D eigenvalue weighted by atomic mass is 16.1. The molecule has 1 aliphatic carbocycles. The topological polar surface area (TPSA) is 48.6 Å². The highest BCUT2D eigenvalue weighted by Gasteiger charge is 2.36. The van der Waals surface area contributed by atoms with Gasteiger partial charge in [-0.15, -0.1) is 4.57 Å². The minimum Gasteiger partial charge on any atom is -0.302 e. The molecule has 0 atom stereocenters. The van der Waals surface area contributed by atoms with Crippen molar-refractivity contribution in [2.75, 3.05) is 0 Å². The summed E-state index contributed by atoms with van der Waals surface area (Å²) in [5, 5.41) is 2.10. The molecule has 3 nitrogen and oxygen atoms in total. The molecule has 2 aromatic carbocycles. The van der Waals surface area contributed by atoms with Crippen molar-refractivity contribution in [2.45, 2.75) is 6.67 Å². The number of hydrogen-bond donors (Lipinski definition) is 1. The highest BCUT2D eigenvalue weighted by Crippen LogP contribution is 2.37. The van der Waals surface area contributed by atoms with Crippen LogP contribution in [0.3, 0.4) is 0 Å². The Hall–Kier alpha value is -2.52. The summed E-state index contributed by atoms with van der Waals surface area (Å²) >= 11 is 0. The van der Waals surface area contributed by atoms with Crippen LogP contribution in [0.15, 0.2) is 54.7 Å². The molecule has 3 heteroatoms. The molecule has 1 aliphatic rings. The van der Waals surface area contributed by atoms with E-state index in [0.717, 1.165) is 33.2 Å². The molecule has 0 amide bonds. The molecule has 0 saturated heterocycles. The van der Waals surface area contributed by atoms with Crippen molar-refractivity contribution in [3.63, 3.8) is 0 Å². The minimum absolute atomic E-state index is 0.120. The number of quaternary nitrogens is 1. The second kappa shape index (κ2) is 3.99. The average molecular weight is 262 g/mol. The molecule has 1 aromatic heterocycles. The first-order valence-electron chi connectivity index (χ1n) is 6.70. The summed E-state index contributed by atoms with van der Waals surface area (Å²) in [6, 6.07) is 15.8. The number of rotatable bonds is 1. The number of ketones is 1. The summed E-state index contributed by atoms with van der Waals surface area (Å²) < 4.78 is 2.07. The van der Waals surface area contributed by atoms with Crippen LogP contribution in [-0.4, -0.2) is 5.78 Å². The van der Waals surface area contributed by atoms with Crippen LogP contribution in [0.2, 0.25) is 0 Å². The second-order valence-corrected chi connectivity index (χ2v) is 5.01. The van der Waals surface area contributed by atoms with E-state index < -0.39 is 0 Å². The molecule has 3 N–H and O–H groups in total. The number of fused-ring (bicyclic) bond motifs is 5. The number of aromatic nitrogens is 1. The summed E-state index contributed by atoms with van der Waals surface area (Å²) in [5.41, 5.74) is 7.61. The molecule has 0 aliphatic heterocycles. The van der Waals surface area contributed by atoms with E-state index >= 15 is 0 Å². The Labute approximate surface area is 116 Å². The minimum atomic E-state index is 0.120. The molecule has 4 rings (SSSR count). The van der Waals surface area contributed by atoms with Gasteiger partial charge in [0.2, 0.25) is 11.5 Å². The fourth-order valence-corrected chi connectivity index (χ4v) is 3.06. The van der Waals surface area contributed by atoms with Gasteiger partial charge in [0.25, 0.3) is 6.67 Å². The number of hydrogen-bond acceptors (Lipinski definition) is 1. The van der Waals surface area contributed by atoms with Crippen molar-refractivity contribution in [3.05, 3.63) is 65.9 Å². The van der Waals surface area contributed by atoms with Crippen molar-refractivity contribution in [2.24, 2.45) is 0 Å². The zero-order valence-electron chi connectivity index (χ0n) is 11.0. The van der Waals surface area contributed by atoms with E-state index in [1.54, 1.807) is 0 Å². The molecule has 0 saturated carbocycles. The summed E-state index contributed by atoms with van der Waals surface area (Å²) in [6.07, 6.45) is 2.08. The zero-order chi connectivity index (χ0) is 13.7. The van der Waals surface area contributed by atoms with E-state index in [4.69, 9.17) is 0 Å². The molecule has 96 valence electrons. The van der Waals surface area contributed by atoms with E-state index in [0.29, 0.717) is 6.67 Å². The molecule has 3 aromatic rings. The van der Waals surface area contributed by atoms with E-state index in [1.807, 2.05) is 48.5 Å². The summed E-state index contributed by atoms with van der Waals surface area (Å²) in [5.74, 6) is 0.120. The lowest BCUT2D eigenvalue weighted by atomic mass is 10.0. The normalized spacial score (nSPS) is 12.6. The maximum Gasteiger partial charge on any atom is 0.272 e. The van der Waals surface area contributed by atoms with Crippen LogP contribution in [0.25, 0.3) is 22.0 Å². The van der Waals surface area contributed by atoms with Gasteiger partial charge in [0.1, 0.15) is 5.56 Å². The van der Waals surface area contributed by atoms with Gasteiger partial charge in [-0.25, -0.2) is 0 Å². The maximum atomic E-state index is 12.7. The molecule has 0 bridgehead atoms. The van der Waals surface area contributed by atoms with E-state index in [-0.39, 0.29) is 5.78 Å². The zero-order valence-corrected chi connectivity index (χ0v) is 11.0. The average Bonchev–Trinajstić information content (AvgIpc) is 2.81. The first-order chi connectivity index (χ1) is 9.81. The standard InChI is InChI=1S/C17H13N2O/c18-10-19-9-11-5-1-2-6-12(11)15-16(19)13-7-3-4-8-14(13)17(15)20/h1-9H,10,18H2/q+1/p+1. The highest BCUT2D eigenvalue weighted by molar-refractivity contribution is 6.25. The van der Waals surface area contributed by atoms with Crippen LogP contribution in [0, 0.1) is 0 Å². The lowest BCUT2D eigenvalue weighted by molar-refractivity contribution is -0.806. The van der Waals surface area contributed by atoms with Crippen LogP contribution in [0.1, 0.15) is 15.9 Å². The number of nitrogens with zero attached hydrogens (tertiary/aromatic N) is 1. The van der Waals surface area contributed by atoms with Crippen molar-refractivity contribution < 1.29 is 15.1 Å². The van der Waals surface area contributed by atoms with Gasteiger partial charge < -0.3 is 5.73 Å². The van der Waals surface area contributed by atoms with Gasteiger partial charge in [-0.1, -0.05) is 36.4 Å². The molecular formula is C17H14N2O+2. The van der Waals surface area contributed by atoms with Crippen LogP contribution < -0.4 is 10.3 Å². The molecule has 0 radical (unpaired) electrons. The third kappa shape index (κ3) is 1.33. The Bertz CT molecular complexity index is 868. The van der Waals surface area contributed by atoms with E-state index in [1.165, 1.54) is 0 Å². The van der Waals surface area contributed by atoms with Gasteiger partial charge in [0, 0.05) is 16.3 Å². The fraction of sp³-hybridized carbons (Fsp3) is 0.0588. The molecule has 0 spiro atoms. The third-order valence-electron chi connectivity index (χ3n) is 3.94. The largest absolute Gasteiger partial charge is 0.302 e. The van der Waals surface area contributed by atoms with Gasteiger partial charge in [-0.05, 0) is 12.1 Å². The Morgan fingerprint density at radius 3 is 2.45 bits per heavy atom. The monoisotopic (exact) mass is 262 g/mol. The smallest absolute Gasteiger partial charge is 0.272 e. The van der Waals surface area contributed by atoms with E-state index in [9.17, 15) is 4.79 Å². The summed E-state index contributed by atoms with van der Waals surface area (Å²) in [7, 11) is 0. The predicted octanol–water partition coefficient (Wildman–Crippen LogP) is 1.54. The fourth-order valence-electron chi connectivity index (χ4n) is 3.06. The van der Waals surface area contributed by atoms with E-state index in [2.05, 4.69) is 16.5 Å². The molecule has 1 heterocycles. The van der Waals surface area contributed by atoms with Crippen LogP contribution in [0.5, 0.6) is 0 Å². The third-order valence-corrected chi connectivity index (χ3v) is 3.94. The molecular weight excluding hydrogens is 248 g/mol. The van der Waals surface area contributed by atoms with Crippen molar-refractivity contribution >= 4 is 16.6 Å². The van der Waals surface area contributed by atoms with Gasteiger partial charge in [-0.3, -0.25) is 4.79 Å². The quantitative estimate of drug-likeness (QED) is 0.520. The lowest BCUT2D eigenvalue weighted by Gasteiger charge is -2.03. The number of benzene rings is 2. The van der Waals surface area contributed by atoms with Crippen LogP contribution in [-0.2, 0) is 6.67 Å². The number of carbonyl (C=O) groups excluding carboxylic acids is 1. The Balaban J connectivity index is 2.22. The summed E-state index contributed by atoms with van der Waals surface area (Å²) in [4.78, 5) is 12.7. The first kappa shape index (κ1) is 11.3. The molecule has 0 fully saturated rings. The van der Waals surface area contributed by atoms with Gasteiger partial charge in [0.15, 0.2) is 6.20 Å². The van der Waals surface area contributed by atoms with Crippen molar-refractivity contribution in [1.29, 1.82) is 0 Å². The summed E-state index contributed by atoms with van der Waals surface area (Å²) in [6.45, 7) is 0.606. The predicted molar refractivity (Wildman–Crippen MR) is 75.9 cm³/mol. The first-order valence-corrected chi connectivity index (χ1v) is 6.70. The maximum absolute atomic E-state index is 12.7. The van der Waals surface area contributed by atoms with Crippen LogP contribution in [0.4, 0.5) is 0 Å². The van der Waals surface area contributed by atoms with Crippen LogP contribution >= 0.6 is 0 Å². The Morgan fingerprint density at radius 2 is 1.65 bits per heavy atom. The van der Waals surface area contributed by atoms with Crippen molar-refractivity contribution in [1.82, 2.24) is 0 Å². The van der Waals surface area contributed by atoms with Crippen molar-refractivity contribution in [3.8, 4) is 11.3 Å². The second-order valence-electron chi connectivity index (χ2n) is 5.01. The number of carbonyl (C=O) groups is 1. The SMILES string of the molecule is [NH3+]C[n+]1cc2ccccc2c2c1-c1ccccc1C2=O. The molecule has 0 unspecified atom stereocenters. The lowest BCUT2D eigenvalue weighted by Crippen LogP contribution is -2.62. The number of pyridine rings is 1. The van der Waals surface area contributed by atoms with Gasteiger partial charge in [-0.2, -0.15) is 0 Å². The Morgan fingerprint density at radius 1 is 0.950 bits per heavy atom. The van der Waals surface area contributed by atoms with Gasteiger partial charge in [0.05, 0.1) is 5.56 Å². The van der Waals surface area contributed by atoms with Gasteiger partial charge >= 0.3 is 0 Å².